The number of nitrogens with zero attached hydrogens (tertiary/aromatic N) is 2. The summed E-state index contributed by atoms with van der Waals surface area (Å²) in [4.78, 5) is 12.5. The van der Waals surface area contributed by atoms with Crippen molar-refractivity contribution in [3.63, 3.8) is 0 Å². The van der Waals surface area contributed by atoms with Gasteiger partial charge in [-0.15, -0.1) is 0 Å². The van der Waals surface area contributed by atoms with Gasteiger partial charge >= 0.3 is 0 Å². The van der Waals surface area contributed by atoms with Crippen LogP contribution >= 0.6 is 0 Å². The van der Waals surface area contributed by atoms with Gasteiger partial charge in [0.1, 0.15) is 6.07 Å². The maximum absolute atomic E-state index is 12.5. The van der Waals surface area contributed by atoms with Gasteiger partial charge in [-0.05, 0) is 55.3 Å². The van der Waals surface area contributed by atoms with Crippen LogP contribution in [-0.4, -0.2) is 17.3 Å². The molecule has 2 aromatic rings. The standard InChI is InChI=1S/C18H17N5O/c1-11-3-4-14(9-12(11)2)17(24)13-5-7-15(8-6-13)22-23-16(10-19)18(20)21/h3-9,22H,1-2H3,(H3,20,21)/b23-16+. The number of benzene rings is 2. The highest BCUT2D eigenvalue weighted by Crippen LogP contribution is 2.16. The van der Waals surface area contributed by atoms with Gasteiger partial charge in [-0.2, -0.15) is 10.4 Å². The summed E-state index contributed by atoms with van der Waals surface area (Å²) >= 11 is 0. The molecule has 0 atom stereocenters. The fourth-order valence-electron chi connectivity index (χ4n) is 2.01. The molecule has 6 heteroatoms. The van der Waals surface area contributed by atoms with Gasteiger partial charge in [-0.25, -0.2) is 0 Å². The molecular formula is C18H17N5O. The molecule has 6 nitrogen and oxygen atoms in total. The van der Waals surface area contributed by atoms with E-state index < -0.39 is 5.84 Å². The van der Waals surface area contributed by atoms with E-state index in [0.717, 1.165) is 11.1 Å². The average Bonchev–Trinajstić information content (AvgIpc) is 2.57. The number of carbonyl (C=O) groups is 1. The van der Waals surface area contributed by atoms with E-state index in [9.17, 15) is 4.79 Å². The minimum atomic E-state index is -0.411. The van der Waals surface area contributed by atoms with Gasteiger partial charge in [0.05, 0.1) is 5.69 Å². The first-order valence-electron chi connectivity index (χ1n) is 7.22. The molecule has 0 aliphatic carbocycles. The van der Waals surface area contributed by atoms with Crippen molar-refractivity contribution in [1.29, 1.82) is 10.7 Å². The first-order valence-corrected chi connectivity index (χ1v) is 7.22. The molecule has 0 saturated carbocycles. The molecule has 120 valence electrons. The van der Waals surface area contributed by atoms with Gasteiger partial charge in [0.2, 0.25) is 5.71 Å². The fraction of sp³-hybridized carbons (Fsp3) is 0.111. The number of ketones is 1. The first-order chi connectivity index (χ1) is 11.4. The van der Waals surface area contributed by atoms with Crippen molar-refractivity contribution in [3.8, 4) is 6.07 Å². The van der Waals surface area contributed by atoms with Crippen molar-refractivity contribution in [2.24, 2.45) is 10.8 Å². The normalized spacial score (nSPS) is 10.8. The minimum Gasteiger partial charge on any atom is -0.382 e. The van der Waals surface area contributed by atoms with E-state index in [4.69, 9.17) is 16.4 Å². The van der Waals surface area contributed by atoms with Crippen LogP contribution in [0.25, 0.3) is 0 Å². The Hall–Kier alpha value is -3.46. The number of carbonyl (C=O) groups excluding carboxylic acids is 1. The van der Waals surface area contributed by atoms with Gasteiger partial charge in [-0.1, -0.05) is 12.1 Å². The Bertz CT molecular complexity index is 860. The summed E-state index contributed by atoms with van der Waals surface area (Å²) in [5.41, 5.74) is 11.6. The molecule has 0 unspecified atom stereocenters. The molecule has 2 aromatic carbocycles. The van der Waals surface area contributed by atoms with E-state index in [1.165, 1.54) is 0 Å². The van der Waals surface area contributed by atoms with Gasteiger partial charge in [0.25, 0.3) is 0 Å². The fourth-order valence-corrected chi connectivity index (χ4v) is 2.01. The maximum atomic E-state index is 12.5. The second-order valence-electron chi connectivity index (χ2n) is 5.30. The lowest BCUT2D eigenvalue weighted by Gasteiger charge is -2.06. The van der Waals surface area contributed by atoms with E-state index >= 15 is 0 Å². The number of aryl methyl sites for hydroxylation is 2. The minimum absolute atomic E-state index is 0.0606. The van der Waals surface area contributed by atoms with Crippen LogP contribution < -0.4 is 11.2 Å². The molecule has 0 aliphatic heterocycles. The molecule has 0 heterocycles. The average molecular weight is 319 g/mol. The van der Waals surface area contributed by atoms with E-state index in [2.05, 4.69) is 10.5 Å². The van der Waals surface area contributed by atoms with Crippen LogP contribution in [0.4, 0.5) is 5.69 Å². The SMILES string of the molecule is Cc1ccc(C(=O)c2ccc(N/N=C(\C#N)C(=N)N)cc2)cc1C. The number of amidine groups is 1. The molecule has 2 rings (SSSR count). The molecule has 0 aliphatic rings. The summed E-state index contributed by atoms with van der Waals surface area (Å²) < 4.78 is 0. The van der Waals surface area contributed by atoms with Crippen molar-refractivity contribution in [1.82, 2.24) is 0 Å². The maximum Gasteiger partial charge on any atom is 0.201 e. The van der Waals surface area contributed by atoms with E-state index in [0.29, 0.717) is 16.8 Å². The van der Waals surface area contributed by atoms with Crippen LogP contribution in [0, 0.1) is 30.6 Å². The number of nitriles is 1. The number of rotatable bonds is 5. The molecule has 0 aromatic heterocycles. The number of hydrogen-bond donors (Lipinski definition) is 3. The summed E-state index contributed by atoms with van der Waals surface area (Å²) in [7, 11) is 0. The van der Waals surface area contributed by atoms with Gasteiger partial charge in [-0.3, -0.25) is 15.6 Å². The number of anilines is 1. The highest BCUT2D eigenvalue weighted by molar-refractivity contribution is 6.45. The lowest BCUT2D eigenvalue weighted by Crippen LogP contribution is -2.21. The number of hydrazone groups is 1. The Morgan fingerprint density at radius 3 is 2.29 bits per heavy atom. The number of nitrogens with two attached hydrogens (primary N) is 1. The molecule has 0 radical (unpaired) electrons. The third-order valence-electron chi connectivity index (χ3n) is 3.57. The van der Waals surface area contributed by atoms with Crippen LogP contribution in [0.1, 0.15) is 27.0 Å². The Morgan fingerprint density at radius 1 is 1.12 bits per heavy atom. The predicted molar refractivity (Wildman–Crippen MR) is 94.4 cm³/mol. The molecule has 0 saturated heterocycles. The van der Waals surface area contributed by atoms with Gasteiger partial charge in [0.15, 0.2) is 11.6 Å². The third-order valence-corrected chi connectivity index (χ3v) is 3.57. The van der Waals surface area contributed by atoms with Gasteiger partial charge in [0, 0.05) is 11.1 Å². The van der Waals surface area contributed by atoms with Crippen LogP contribution in [-0.2, 0) is 0 Å². The second-order valence-corrected chi connectivity index (χ2v) is 5.30. The van der Waals surface area contributed by atoms with Crippen LogP contribution in [0.2, 0.25) is 0 Å². The zero-order valence-electron chi connectivity index (χ0n) is 13.4. The lowest BCUT2D eigenvalue weighted by molar-refractivity contribution is 0.103. The van der Waals surface area contributed by atoms with Crippen molar-refractivity contribution >= 4 is 23.0 Å². The smallest absolute Gasteiger partial charge is 0.201 e. The highest BCUT2D eigenvalue weighted by atomic mass is 16.1. The van der Waals surface area contributed by atoms with Crippen molar-refractivity contribution in [2.45, 2.75) is 13.8 Å². The zero-order chi connectivity index (χ0) is 17.7. The monoisotopic (exact) mass is 319 g/mol. The molecular weight excluding hydrogens is 302 g/mol. The van der Waals surface area contributed by atoms with E-state index in [1.54, 1.807) is 30.3 Å². The van der Waals surface area contributed by atoms with Crippen LogP contribution in [0.15, 0.2) is 47.6 Å². The number of hydrogen-bond acceptors (Lipinski definition) is 5. The quantitative estimate of drug-likeness (QED) is 0.340. The van der Waals surface area contributed by atoms with E-state index in [1.807, 2.05) is 32.0 Å². The topological polar surface area (TPSA) is 115 Å². The Balaban J connectivity index is 2.17. The third kappa shape index (κ3) is 3.84. The van der Waals surface area contributed by atoms with E-state index in [-0.39, 0.29) is 11.5 Å². The Labute approximate surface area is 140 Å². The second kappa shape index (κ2) is 7.20. The largest absolute Gasteiger partial charge is 0.382 e. The highest BCUT2D eigenvalue weighted by Gasteiger charge is 2.10. The molecule has 0 bridgehead atoms. The summed E-state index contributed by atoms with van der Waals surface area (Å²) in [6.07, 6.45) is 0. The molecule has 0 amide bonds. The molecule has 0 fully saturated rings. The van der Waals surface area contributed by atoms with Crippen LogP contribution in [0.3, 0.4) is 0 Å². The van der Waals surface area contributed by atoms with Crippen molar-refractivity contribution in [2.75, 3.05) is 5.43 Å². The Kier molecular flexibility index (Phi) is 5.07. The molecule has 4 N–H and O–H groups in total. The summed E-state index contributed by atoms with van der Waals surface area (Å²) in [5.74, 6) is -0.471. The summed E-state index contributed by atoms with van der Waals surface area (Å²) in [6.45, 7) is 3.97. The zero-order valence-corrected chi connectivity index (χ0v) is 13.4. The van der Waals surface area contributed by atoms with Crippen molar-refractivity contribution in [3.05, 3.63) is 64.7 Å². The molecule has 24 heavy (non-hydrogen) atoms. The lowest BCUT2D eigenvalue weighted by atomic mass is 9.99. The summed E-state index contributed by atoms with van der Waals surface area (Å²) in [5, 5.41) is 19.7. The summed E-state index contributed by atoms with van der Waals surface area (Å²) in [6, 6.07) is 14.0. The van der Waals surface area contributed by atoms with Crippen molar-refractivity contribution < 1.29 is 4.79 Å². The first kappa shape index (κ1) is 16.9. The van der Waals surface area contributed by atoms with Gasteiger partial charge < -0.3 is 5.73 Å². The van der Waals surface area contributed by atoms with Crippen LogP contribution in [0.5, 0.6) is 0 Å². The molecule has 0 spiro atoms. The Morgan fingerprint density at radius 2 is 1.75 bits per heavy atom. The number of nitrogens with one attached hydrogen (secondary N) is 2. The predicted octanol–water partition coefficient (Wildman–Crippen LogP) is 2.76.